The van der Waals surface area contributed by atoms with Crippen LogP contribution < -0.4 is 5.48 Å². The summed E-state index contributed by atoms with van der Waals surface area (Å²) < 4.78 is 0. The van der Waals surface area contributed by atoms with Crippen LogP contribution in [-0.2, 0) is 0 Å². The Morgan fingerprint density at radius 2 is 2.29 bits per heavy atom. The summed E-state index contributed by atoms with van der Waals surface area (Å²) in [5.74, 6) is -1.73. The van der Waals surface area contributed by atoms with Crippen molar-refractivity contribution in [2.24, 2.45) is 0 Å². The predicted molar refractivity (Wildman–Crippen MR) is 43.3 cm³/mol. The lowest BCUT2D eigenvalue weighted by atomic mass is 10.2. The summed E-state index contributed by atoms with van der Waals surface area (Å²) in [5.41, 5.74) is 0.570. The van der Waals surface area contributed by atoms with E-state index in [4.69, 9.17) is 10.3 Å². The van der Waals surface area contributed by atoms with Crippen LogP contribution in [0.3, 0.4) is 0 Å². The second-order valence-electron chi connectivity index (χ2n) is 2.27. The maximum atomic E-state index is 10.4. The van der Waals surface area contributed by atoms with E-state index in [0.717, 1.165) is 12.3 Å². The van der Waals surface area contributed by atoms with Crippen LogP contribution in [0, 0.1) is 10.1 Å². The van der Waals surface area contributed by atoms with Crippen LogP contribution in [-0.4, -0.2) is 26.2 Å². The van der Waals surface area contributed by atoms with Crippen molar-refractivity contribution < 1.29 is 20.0 Å². The molecule has 0 aliphatic heterocycles. The molecule has 0 saturated heterocycles. The fourth-order valence-electron chi connectivity index (χ4n) is 0.795. The molecule has 1 aromatic rings. The van der Waals surface area contributed by atoms with E-state index in [1.807, 2.05) is 0 Å². The van der Waals surface area contributed by atoms with Crippen molar-refractivity contribution in [3.8, 4) is 0 Å². The molecule has 1 heterocycles. The van der Waals surface area contributed by atoms with Crippen molar-refractivity contribution >= 4 is 17.5 Å². The lowest BCUT2D eigenvalue weighted by molar-refractivity contribution is -0.384. The van der Waals surface area contributed by atoms with E-state index in [0.29, 0.717) is 0 Å². The average Bonchev–Trinajstić information content (AvgIpc) is 2.16. The van der Waals surface area contributed by atoms with Gasteiger partial charge in [-0.2, -0.15) is 0 Å². The topological polar surface area (TPSA) is 126 Å². The summed E-state index contributed by atoms with van der Waals surface area (Å²) in [6.45, 7) is 0. The summed E-state index contributed by atoms with van der Waals surface area (Å²) in [5, 5.41) is 27.3. The second-order valence-corrected chi connectivity index (χ2v) is 2.27. The van der Waals surface area contributed by atoms with Gasteiger partial charge in [0.1, 0.15) is 0 Å². The van der Waals surface area contributed by atoms with Gasteiger partial charge in [-0.25, -0.2) is 15.3 Å². The van der Waals surface area contributed by atoms with Crippen LogP contribution >= 0.6 is 0 Å². The normalized spacial score (nSPS) is 9.50. The van der Waals surface area contributed by atoms with Gasteiger partial charge in [-0.05, 0) is 0 Å². The highest BCUT2D eigenvalue weighted by molar-refractivity contribution is 5.88. The molecule has 0 amide bonds. The Morgan fingerprint density at radius 1 is 1.64 bits per heavy atom. The molecule has 8 nitrogen and oxygen atoms in total. The Balaban J connectivity index is 3.27. The lowest BCUT2D eigenvalue weighted by Crippen LogP contribution is -2.04. The van der Waals surface area contributed by atoms with Crippen LogP contribution in [0.1, 0.15) is 10.4 Å². The van der Waals surface area contributed by atoms with E-state index in [1.54, 1.807) is 0 Å². The van der Waals surface area contributed by atoms with Crippen molar-refractivity contribution in [1.29, 1.82) is 0 Å². The number of pyridine rings is 1. The molecule has 0 bridgehead atoms. The van der Waals surface area contributed by atoms with Crippen molar-refractivity contribution in [1.82, 2.24) is 4.98 Å². The summed E-state index contributed by atoms with van der Waals surface area (Å²) in [6, 6.07) is 0.799. The fraction of sp³-hybridized carbons (Fsp3) is 0. The molecule has 0 spiro atoms. The van der Waals surface area contributed by atoms with Crippen LogP contribution in [0.5, 0.6) is 0 Å². The minimum Gasteiger partial charge on any atom is -0.478 e. The first kappa shape index (κ1) is 9.86. The SMILES string of the molecule is O=C(O)c1cnc(NO)c([N+](=O)[O-])c1. The number of hydrogen-bond donors (Lipinski definition) is 3. The number of anilines is 1. The maximum absolute atomic E-state index is 10.4. The Morgan fingerprint density at radius 3 is 2.71 bits per heavy atom. The number of carboxylic acids is 1. The molecule has 0 aliphatic rings. The van der Waals surface area contributed by atoms with Gasteiger partial charge in [0.15, 0.2) is 0 Å². The Kier molecular flexibility index (Phi) is 2.58. The number of hydrogen-bond acceptors (Lipinski definition) is 6. The second kappa shape index (κ2) is 3.66. The Hall–Kier alpha value is -2.22. The van der Waals surface area contributed by atoms with E-state index in [9.17, 15) is 14.9 Å². The first-order valence-corrected chi connectivity index (χ1v) is 3.34. The summed E-state index contributed by atoms with van der Waals surface area (Å²) >= 11 is 0. The number of aromatic carboxylic acids is 1. The number of nitrogens with one attached hydrogen (secondary N) is 1. The van der Waals surface area contributed by atoms with Gasteiger partial charge in [0.25, 0.3) is 0 Å². The zero-order valence-electron chi connectivity index (χ0n) is 6.67. The molecule has 0 saturated carbocycles. The number of nitro groups is 1. The molecule has 0 atom stereocenters. The molecule has 14 heavy (non-hydrogen) atoms. The number of carbonyl (C=O) groups is 1. The third-order valence-corrected chi connectivity index (χ3v) is 1.42. The fourth-order valence-corrected chi connectivity index (χ4v) is 0.795. The summed E-state index contributed by atoms with van der Waals surface area (Å²) in [7, 11) is 0. The van der Waals surface area contributed by atoms with Gasteiger partial charge in [0.05, 0.1) is 10.5 Å². The number of carboxylic acid groups (broad SMARTS) is 1. The zero-order valence-corrected chi connectivity index (χ0v) is 6.67. The molecular weight excluding hydrogens is 194 g/mol. The van der Waals surface area contributed by atoms with Crippen molar-refractivity contribution in [3.63, 3.8) is 0 Å². The Bertz CT molecular complexity index is 391. The van der Waals surface area contributed by atoms with Crippen molar-refractivity contribution in [2.45, 2.75) is 0 Å². The molecule has 0 aromatic carbocycles. The van der Waals surface area contributed by atoms with Gasteiger partial charge in [-0.3, -0.25) is 15.3 Å². The predicted octanol–water partition coefficient (Wildman–Crippen LogP) is 0.489. The molecule has 0 unspecified atom stereocenters. The number of rotatable bonds is 3. The van der Waals surface area contributed by atoms with Crippen LogP contribution in [0.15, 0.2) is 12.3 Å². The molecule has 8 heteroatoms. The number of nitrogens with zero attached hydrogens (tertiary/aromatic N) is 2. The zero-order chi connectivity index (χ0) is 10.7. The van der Waals surface area contributed by atoms with Crippen LogP contribution in [0.25, 0.3) is 0 Å². The highest BCUT2D eigenvalue weighted by atomic mass is 16.6. The molecule has 1 rings (SSSR count). The quantitative estimate of drug-likeness (QED) is 0.477. The maximum Gasteiger partial charge on any atom is 0.337 e. The Labute approximate surface area is 76.9 Å². The molecule has 0 fully saturated rings. The number of aromatic nitrogens is 1. The minimum atomic E-state index is -1.33. The van der Waals surface area contributed by atoms with Gasteiger partial charge in [-0.15, -0.1) is 0 Å². The standard InChI is InChI=1S/C6H5N3O5/c10-6(11)3-1-4(9(13)14)5(8-12)7-2-3/h1-2,12H,(H,7,8)(H,10,11). The van der Waals surface area contributed by atoms with Crippen molar-refractivity contribution in [2.75, 3.05) is 5.48 Å². The minimum absolute atomic E-state index is 0.323. The largest absolute Gasteiger partial charge is 0.478 e. The summed E-state index contributed by atoms with van der Waals surface area (Å²) in [4.78, 5) is 23.3. The third kappa shape index (κ3) is 1.75. The van der Waals surface area contributed by atoms with E-state index >= 15 is 0 Å². The first-order valence-electron chi connectivity index (χ1n) is 3.34. The van der Waals surface area contributed by atoms with E-state index < -0.39 is 22.4 Å². The average molecular weight is 199 g/mol. The van der Waals surface area contributed by atoms with E-state index in [1.165, 1.54) is 5.48 Å². The highest BCUT2D eigenvalue weighted by Crippen LogP contribution is 2.21. The van der Waals surface area contributed by atoms with Gasteiger partial charge in [0, 0.05) is 12.3 Å². The van der Waals surface area contributed by atoms with Crippen LogP contribution in [0.2, 0.25) is 0 Å². The van der Waals surface area contributed by atoms with Gasteiger partial charge in [0.2, 0.25) is 5.82 Å². The smallest absolute Gasteiger partial charge is 0.337 e. The van der Waals surface area contributed by atoms with E-state index in [2.05, 4.69) is 4.98 Å². The van der Waals surface area contributed by atoms with Gasteiger partial charge >= 0.3 is 11.7 Å². The lowest BCUT2D eigenvalue weighted by Gasteiger charge is -2.00. The molecule has 0 radical (unpaired) electrons. The van der Waals surface area contributed by atoms with E-state index in [-0.39, 0.29) is 5.56 Å². The molecule has 74 valence electrons. The first-order chi connectivity index (χ1) is 6.56. The van der Waals surface area contributed by atoms with Crippen LogP contribution in [0.4, 0.5) is 11.5 Å². The van der Waals surface area contributed by atoms with Crippen molar-refractivity contribution in [3.05, 3.63) is 27.9 Å². The monoisotopic (exact) mass is 199 g/mol. The summed E-state index contributed by atoms with van der Waals surface area (Å²) in [6.07, 6.45) is 0.897. The molecule has 0 aliphatic carbocycles. The highest BCUT2D eigenvalue weighted by Gasteiger charge is 2.18. The molecule has 3 N–H and O–H groups in total. The molecular formula is C6H5N3O5. The third-order valence-electron chi connectivity index (χ3n) is 1.42. The van der Waals surface area contributed by atoms with Gasteiger partial charge in [-0.1, -0.05) is 0 Å². The van der Waals surface area contributed by atoms with Gasteiger partial charge < -0.3 is 5.11 Å². The molecule has 1 aromatic heterocycles.